The van der Waals surface area contributed by atoms with Crippen LogP contribution in [-0.2, 0) is 6.42 Å². The highest BCUT2D eigenvalue weighted by Gasteiger charge is 2.25. The lowest BCUT2D eigenvalue weighted by molar-refractivity contribution is 0.0955. The molecular formula is C29H40N6O5. The van der Waals surface area contributed by atoms with E-state index in [2.05, 4.69) is 10.2 Å². The zero-order valence-electron chi connectivity index (χ0n) is 23.6. The molecule has 1 fully saturated rings. The van der Waals surface area contributed by atoms with Gasteiger partial charge in [0.2, 0.25) is 5.95 Å². The SMILES string of the molecule is COc1cc2nc(N(CCO)CCO)nc(N3CCCCC3)c2c(CCNC(=O)c2cc(C)ccc2N)c1OC. The quantitative estimate of drug-likeness (QED) is 0.247. The van der Waals surface area contributed by atoms with E-state index in [1.54, 1.807) is 31.3 Å². The van der Waals surface area contributed by atoms with E-state index in [1.807, 2.05) is 19.1 Å². The number of aromatic nitrogens is 2. The van der Waals surface area contributed by atoms with Gasteiger partial charge in [-0.05, 0) is 44.7 Å². The van der Waals surface area contributed by atoms with Gasteiger partial charge >= 0.3 is 0 Å². The summed E-state index contributed by atoms with van der Waals surface area (Å²) in [6, 6.07) is 7.22. The number of hydrogen-bond donors (Lipinski definition) is 4. The van der Waals surface area contributed by atoms with E-state index < -0.39 is 0 Å². The number of methoxy groups -OCH3 is 2. The summed E-state index contributed by atoms with van der Waals surface area (Å²) in [5.41, 5.74) is 9.37. The number of aryl methyl sites for hydroxylation is 1. The van der Waals surface area contributed by atoms with Crippen molar-refractivity contribution in [2.75, 3.05) is 75.7 Å². The highest BCUT2D eigenvalue weighted by atomic mass is 16.5. The van der Waals surface area contributed by atoms with Gasteiger partial charge < -0.3 is 40.5 Å². The van der Waals surface area contributed by atoms with Crippen LogP contribution >= 0.6 is 0 Å². The lowest BCUT2D eigenvalue weighted by Gasteiger charge is -2.31. The number of nitrogen functional groups attached to an aromatic ring is 1. The zero-order chi connectivity index (χ0) is 28.6. The van der Waals surface area contributed by atoms with E-state index in [0.29, 0.717) is 60.3 Å². The highest BCUT2D eigenvalue weighted by molar-refractivity contribution is 6.00. The van der Waals surface area contributed by atoms with Crippen LogP contribution in [0.3, 0.4) is 0 Å². The summed E-state index contributed by atoms with van der Waals surface area (Å²) in [4.78, 5) is 26.8. The van der Waals surface area contributed by atoms with Crippen LogP contribution in [0.15, 0.2) is 24.3 Å². The van der Waals surface area contributed by atoms with Crippen molar-refractivity contribution in [3.63, 3.8) is 0 Å². The smallest absolute Gasteiger partial charge is 0.253 e. The minimum atomic E-state index is -0.245. The van der Waals surface area contributed by atoms with Gasteiger partial charge in [-0.1, -0.05) is 11.6 Å². The lowest BCUT2D eigenvalue weighted by Crippen LogP contribution is -2.34. The van der Waals surface area contributed by atoms with Crippen molar-refractivity contribution in [1.82, 2.24) is 15.3 Å². The van der Waals surface area contributed by atoms with E-state index in [-0.39, 0.29) is 19.1 Å². The normalized spacial score (nSPS) is 13.4. The topological polar surface area (TPSA) is 146 Å². The molecule has 2 aromatic carbocycles. The fourth-order valence-electron chi connectivity index (χ4n) is 5.21. The molecule has 216 valence electrons. The molecule has 0 spiro atoms. The molecular weight excluding hydrogens is 512 g/mol. The van der Waals surface area contributed by atoms with Crippen LogP contribution in [-0.4, -0.2) is 86.2 Å². The summed E-state index contributed by atoms with van der Waals surface area (Å²) in [6.07, 6.45) is 3.70. The Hall–Kier alpha value is -3.83. The molecule has 1 aromatic heterocycles. The summed E-state index contributed by atoms with van der Waals surface area (Å²) in [6.45, 7) is 4.34. The third-order valence-electron chi connectivity index (χ3n) is 7.19. The maximum atomic E-state index is 13.0. The van der Waals surface area contributed by atoms with Gasteiger partial charge in [0.05, 0.1) is 43.9 Å². The summed E-state index contributed by atoms with van der Waals surface area (Å²) in [5.74, 6) is 2.04. The second kappa shape index (κ2) is 13.5. The van der Waals surface area contributed by atoms with Crippen LogP contribution in [0.2, 0.25) is 0 Å². The molecule has 0 bridgehead atoms. The molecule has 0 aliphatic carbocycles. The van der Waals surface area contributed by atoms with Crippen LogP contribution < -0.4 is 30.3 Å². The van der Waals surface area contributed by atoms with E-state index >= 15 is 0 Å². The Morgan fingerprint density at radius 1 is 1.07 bits per heavy atom. The molecule has 3 aromatic rings. The lowest BCUT2D eigenvalue weighted by atomic mass is 10.0. The number of carbonyl (C=O) groups excluding carboxylic acids is 1. The van der Waals surface area contributed by atoms with Crippen LogP contribution in [0.4, 0.5) is 17.5 Å². The molecule has 0 radical (unpaired) electrons. The number of anilines is 3. The first-order chi connectivity index (χ1) is 19.4. The standard InChI is InChI=1S/C29H40N6O5/c1-19-7-8-22(30)21(17-19)28(38)31-10-9-20-25-23(18-24(39-2)26(20)40-3)32-29(35(13-15-36)14-16-37)33-27(25)34-11-5-4-6-12-34/h7-8,17-18,36-37H,4-6,9-16,30H2,1-3H3,(H,31,38). The number of amides is 1. The Bertz CT molecular complexity index is 1320. The van der Waals surface area contributed by atoms with Gasteiger partial charge in [-0.2, -0.15) is 4.98 Å². The predicted octanol–water partition coefficient (Wildman–Crippen LogP) is 2.29. The number of nitrogens with zero attached hydrogens (tertiary/aromatic N) is 4. The van der Waals surface area contributed by atoms with E-state index in [1.165, 1.54) is 0 Å². The first kappa shape index (κ1) is 29.2. The van der Waals surface area contributed by atoms with Crippen molar-refractivity contribution >= 4 is 34.3 Å². The first-order valence-electron chi connectivity index (χ1n) is 13.7. The number of carbonyl (C=O) groups is 1. The molecule has 5 N–H and O–H groups in total. The number of benzene rings is 2. The largest absolute Gasteiger partial charge is 0.493 e. The summed E-state index contributed by atoms with van der Waals surface area (Å²) >= 11 is 0. The predicted molar refractivity (Wildman–Crippen MR) is 157 cm³/mol. The van der Waals surface area contributed by atoms with Crippen molar-refractivity contribution < 1.29 is 24.5 Å². The van der Waals surface area contributed by atoms with E-state index in [4.69, 9.17) is 25.2 Å². The van der Waals surface area contributed by atoms with Gasteiger partial charge in [-0.15, -0.1) is 0 Å². The van der Waals surface area contributed by atoms with E-state index in [9.17, 15) is 15.0 Å². The second-order valence-electron chi connectivity index (χ2n) is 9.91. The van der Waals surface area contributed by atoms with Crippen molar-refractivity contribution in [3.8, 4) is 11.5 Å². The van der Waals surface area contributed by atoms with E-state index in [0.717, 1.165) is 54.7 Å². The van der Waals surface area contributed by atoms with Crippen LogP contribution in [0.5, 0.6) is 11.5 Å². The maximum Gasteiger partial charge on any atom is 0.253 e. The van der Waals surface area contributed by atoms with Crippen molar-refractivity contribution in [3.05, 3.63) is 41.0 Å². The highest BCUT2D eigenvalue weighted by Crippen LogP contribution is 2.41. The Morgan fingerprint density at radius 3 is 2.45 bits per heavy atom. The molecule has 4 rings (SSSR count). The van der Waals surface area contributed by atoms with Crippen LogP contribution in [0, 0.1) is 6.92 Å². The number of hydrogen-bond acceptors (Lipinski definition) is 10. The number of rotatable bonds is 12. The van der Waals surface area contributed by atoms with Crippen molar-refractivity contribution in [2.24, 2.45) is 0 Å². The van der Waals surface area contributed by atoms with Gasteiger partial charge in [-0.3, -0.25) is 4.79 Å². The second-order valence-corrected chi connectivity index (χ2v) is 9.91. The molecule has 0 saturated carbocycles. The molecule has 0 unspecified atom stereocenters. The number of fused-ring (bicyclic) bond motifs is 1. The third-order valence-corrected chi connectivity index (χ3v) is 7.19. The summed E-state index contributed by atoms with van der Waals surface area (Å²) < 4.78 is 11.5. The number of nitrogens with one attached hydrogen (secondary N) is 1. The van der Waals surface area contributed by atoms with Crippen LogP contribution in [0.25, 0.3) is 10.9 Å². The molecule has 2 heterocycles. The minimum Gasteiger partial charge on any atom is -0.493 e. The average Bonchev–Trinajstić information content (AvgIpc) is 2.97. The Morgan fingerprint density at radius 2 is 1.80 bits per heavy atom. The molecule has 11 heteroatoms. The molecule has 11 nitrogen and oxygen atoms in total. The first-order valence-corrected chi connectivity index (χ1v) is 13.7. The maximum absolute atomic E-state index is 13.0. The zero-order valence-corrected chi connectivity index (χ0v) is 23.6. The Labute approximate surface area is 234 Å². The monoisotopic (exact) mass is 552 g/mol. The van der Waals surface area contributed by atoms with Gasteiger partial charge in [0.1, 0.15) is 5.82 Å². The number of piperidine rings is 1. The number of aliphatic hydroxyl groups is 2. The average molecular weight is 553 g/mol. The van der Waals surface area contributed by atoms with Crippen molar-refractivity contribution in [2.45, 2.75) is 32.6 Å². The van der Waals surface area contributed by atoms with Crippen LogP contribution in [0.1, 0.15) is 40.7 Å². The molecule has 1 saturated heterocycles. The van der Waals surface area contributed by atoms with Gasteiger partial charge in [0.25, 0.3) is 5.91 Å². The molecule has 1 aliphatic heterocycles. The van der Waals surface area contributed by atoms with Gasteiger partial charge in [-0.25, -0.2) is 4.98 Å². The molecule has 0 atom stereocenters. The summed E-state index contributed by atoms with van der Waals surface area (Å²) in [7, 11) is 3.17. The number of aliphatic hydroxyl groups excluding tert-OH is 2. The molecule has 40 heavy (non-hydrogen) atoms. The fourth-order valence-corrected chi connectivity index (χ4v) is 5.21. The van der Waals surface area contributed by atoms with Gasteiger partial charge in [0, 0.05) is 50.0 Å². The Balaban J connectivity index is 1.80. The Kier molecular flexibility index (Phi) is 9.84. The molecule has 1 aliphatic rings. The molecule has 1 amide bonds. The third kappa shape index (κ3) is 6.31. The fraction of sp³-hybridized carbons (Fsp3) is 0.483. The minimum absolute atomic E-state index is 0.0945. The number of ether oxygens (including phenoxy) is 2. The van der Waals surface area contributed by atoms with Crippen molar-refractivity contribution in [1.29, 1.82) is 0 Å². The summed E-state index contributed by atoms with van der Waals surface area (Å²) in [5, 5.41) is 23.1. The number of nitrogens with two attached hydrogens (primary N) is 1. The van der Waals surface area contributed by atoms with Gasteiger partial charge in [0.15, 0.2) is 11.5 Å².